The van der Waals surface area contributed by atoms with Crippen LogP contribution in [0, 0.1) is 0 Å². The predicted molar refractivity (Wildman–Crippen MR) is 127 cm³/mol. The van der Waals surface area contributed by atoms with Gasteiger partial charge < -0.3 is 19.4 Å². The number of methoxy groups -OCH3 is 1. The second kappa shape index (κ2) is 8.91. The van der Waals surface area contributed by atoms with E-state index in [1.54, 1.807) is 38.4 Å². The summed E-state index contributed by atoms with van der Waals surface area (Å²) in [7, 11) is 2.68. The van der Waals surface area contributed by atoms with Crippen LogP contribution in [0.25, 0.3) is 0 Å². The number of benzene rings is 1. The Morgan fingerprint density at radius 2 is 1.85 bits per heavy atom. The molecule has 0 spiro atoms. The van der Waals surface area contributed by atoms with Crippen molar-refractivity contribution in [2.75, 3.05) is 19.5 Å². The standard InChI is InChI=1S/C23H31BF2N4O3/c1-14(23(6,25)26)11-16(15-9-10-18(31-8)17(12-15)27-7)28-20-13-19(29-30-20)24-32-21(2,3)22(4,5)33-24/h9-13,27H,1-8H3,(H,29,30)/b14-11+,28-16?. The molecular weight excluding hydrogens is 429 g/mol. The maximum absolute atomic E-state index is 13.9. The fourth-order valence-corrected chi connectivity index (χ4v) is 3.17. The van der Waals surface area contributed by atoms with E-state index in [-0.39, 0.29) is 5.57 Å². The van der Waals surface area contributed by atoms with Crippen LogP contribution in [0.4, 0.5) is 20.3 Å². The van der Waals surface area contributed by atoms with Crippen molar-refractivity contribution in [3.63, 3.8) is 0 Å². The second-order valence-corrected chi connectivity index (χ2v) is 9.15. The van der Waals surface area contributed by atoms with Gasteiger partial charge in [0.05, 0.1) is 35.3 Å². The minimum atomic E-state index is -2.99. The molecule has 33 heavy (non-hydrogen) atoms. The Morgan fingerprint density at radius 1 is 1.21 bits per heavy atom. The number of hydrogen-bond donors (Lipinski definition) is 2. The third-order valence-electron chi connectivity index (χ3n) is 6.14. The molecule has 0 saturated carbocycles. The molecule has 1 aliphatic heterocycles. The van der Waals surface area contributed by atoms with Gasteiger partial charge in [0, 0.05) is 25.6 Å². The van der Waals surface area contributed by atoms with Crippen LogP contribution in [-0.2, 0) is 9.31 Å². The van der Waals surface area contributed by atoms with Gasteiger partial charge in [0.15, 0.2) is 5.82 Å². The van der Waals surface area contributed by atoms with Crippen LogP contribution in [0.1, 0.15) is 47.1 Å². The smallest absolute Gasteiger partial charge is 0.495 e. The number of allylic oxidation sites excluding steroid dienone is 2. The number of nitrogens with zero attached hydrogens (tertiary/aromatic N) is 2. The molecule has 0 amide bonds. The Kier molecular flexibility index (Phi) is 6.73. The number of halogens is 2. The molecule has 0 radical (unpaired) electrons. The first kappa shape index (κ1) is 24.9. The number of hydrogen-bond acceptors (Lipinski definition) is 6. The summed E-state index contributed by atoms with van der Waals surface area (Å²) in [5.74, 6) is -2.04. The maximum atomic E-state index is 13.9. The van der Waals surface area contributed by atoms with Crippen LogP contribution in [0.5, 0.6) is 5.75 Å². The summed E-state index contributed by atoms with van der Waals surface area (Å²) >= 11 is 0. The fourth-order valence-electron chi connectivity index (χ4n) is 3.17. The summed E-state index contributed by atoms with van der Waals surface area (Å²) in [5.41, 5.74) is 1.14. The molecule has 0 unspecified atom stereocenters. The van der Waals surface area contributed by atoms with Gasteiger partial charge in [0.2, 0.25) is 0 Å². The zero-order valence-electron chi connectivity index (χ0n) is 20.3. The lowest BCUT2D eigenvalue weighted by Crippen LogP contribution is -2.41. The first-order valence-corrected chi connectivity index (χ1v) is 10.7. The molecule has 1 fully saturated rings. The van der Waals surface area contributed by atoms with Crippen LogP contribution in [0.15, 0.2) is 40.9 Å². The summed E-state index contributed by atoms with van der Waals surface area (Å²) in [6.45, 7) is 10.1. The molecule has 3 rings (SSSR count). The van der Waals surface area contributed by atoms with Gasteiger partial charge in [-0.15, -0.1) is 0 Å². The van der Waals surface area contributed by atoms with Crippen LogP contribution < -0.4 is 15.6 Å². The van der Waals surface area contributed by atoms with E-state index >= 15 is 0 Å². The summed E-state index contributed by atoms with van der Waals surface area (Å²) in [5, 5.41) is 10.2. The second-order valence-electron chi connectivity index (χ2n) is 9.15. The van der Waals surface area contributed by atoms with Crippen molar-refractivity contribution in [2.45, 2.75) is 58.7 Å². The van der Waals surface area contributed by atoms with E-state index < -0.39 is 24.2 Å². The minimum absolute atomic E-state index is 0.121. The van der Waals surface area contributed by atoms with Gasteiger partial charge in [-0.2, -0.15) is 5.10 Å². The highest BCUT2D eigenvalue weighted by atomic mass is 19.3. The molecule has 2 aromatic rings. The molecule has 2 heterocycles. The fraction of sp³-hybridized carbons (Fsp3) is 0.478. The van der Waals surface area contributed by atoms with Gasteiger partial charge in [-0.25, -0.2) is 13.8 Å². The van der Waals surface area contributed by atoms with E-state index in [0.717, 1.165) is 6.92 Å². The molecule has 1 saturated heterocycles. The molecule has 1 aromatic carbocycles. The van der Waals surface area contributed by atoms with Crippen LogP contribution in [0.3, 0.4) is 0 Å². The minimum Gasteiger partial charge on any atom is -0.495 e. The number of aromatic nitrogens is 2. The first-order valence-electron chi connectivity index (χ1n) is 10.7. The molecule has 1 aromatic heterocycles. The molecule has 178 valence electrons. The maximum Gasteiger partial charge on any atom is 0.514 e. The molecule has 10 heteroatoms. The van der Waals surface area contributed by atoms with Gasteiger partial charge in [0.25, 0.3) is 5.92 Å². The predicted octanol–water partition coefficient (Wildman–Crippen LogP) is 4.48. The summed E-state index contributed by atoms with van der Waals surface area (Å²) in [4.78, 5) is 4.56. The van der Waals surface area contributed by atoms with E-state index in [4.69, 9.17) is 14.0 Å². The van der Waals surface area contributed by atoms with E-state index in [2.05, 4.69) is 20.5 Å². The zero-order chi connectivity index (χ0) is 24.6. The zero-order valence-corrected chi connectivity index (χ0v) is 20.3. The molecule has 1 aliphatic rings. The van der Waals surface area contributed by atoms with Crippen molar-refractivity contribution < 1.29 is 22.8 Å². The van der Waals surface area contributed by atoms with Gasteiger partial charge in [-0.1, -0.05) is 0 Å². The highest BCUT2D eigenvalue weighted by Gasteiger charge is 2.52. The summed E-state index contributed by atoms with van der Waals surface area (Å²) < 4.78 is 45.3. The highest BCUT2D eigenvalue weighted by Crippen LogP contribution is 2.36. The summed E-state index contributed by atoms with van der Waals surface area (Å²) in [6, 6.07) is 7.00. The average Bonchev–Trinajstić information content (AvgIpc) is 3.27. The van der Waals surface area contributed by atoms with Crippen molar-refractivity contribution >= 4 is 29.9 Å². The highest BCUT2D eigenvalue weighted by molar-refractivity contribution is 6.61. The van der Waals surface area contributed by atoms with Crippen molar-refractivity contribution in [2.24, 2.45) is 4.99 Å². The van der Waals surface area contributed by atoms with Gasteiger partial charge in [0.1, 0.15) is 5.75 Å². The monoisotopic (exact) mass is 460 g/mol. The Morgan fingerprint density at radius 3 is 2.39 bits per heavy atom. The number of aliphatic imine (C=N–C) groups is 1. The molecule has 0 aliphatic carbocycles. The lowest BCUT2D eigenvalue weighted by molar-refractivity contribution is 0.00578. The number of alkyl halides is 2. The third kappa shape index (κ3) is 5.28. The van der Waals surface area contributed by atoms with E-state index in [1.165, 1.54) is 13.0 Å². The van der Waals surface area contributed by atoms with Crippen LogP contribution >= 0.6 is 0 Å². The van der Waals surface area contributed by atoms with Gasteiger partial charge >= 0.3 is 7.12 Å². The van der Waals surface area contributed by atoms with Crippen molar-refractivity contribution in [3.05, 3.63) is 41.5 Å². The third-order valence-corrected chi connectivity index (χ3v) is 6.14. The van der Waals surface area contributed by atoms with E-state index in [9.17, 15) is 8.78 Å². The summed E-state index contributed by atoms with van der Waals surface area (Å²) in [6.07, 6.45) is 1.37. The quantitative estimate of drug-likeness (QED) is 0.471. The van der Waals surface area contributed by atoms with Crippen molar-refractivity contribution in [3.8, 4) is 5.75 Å². The Hall–Kier alpha value is -2.72. The SMILES string of the molecule is CNc1cc(C(/C=C(\C)C(C)(F)F)=Nc2cc(B3OC(C)(C)C(C)(C)O3)[nH]n2)ccc1OC. The van der Waals surface area contributed by atoms with Crippen LogP contribution in [-0.4, -0.2) is 54.3 Å². The van der Waals surface area contributed by atoms with Crippen molar-refractivity contribution in [1.29, 1.82) is 0 Å². The number of anilines is 1. The normalized spacial score (nSPS) is 18.5. The molecule has 2 N–H and O–H groups in total. The van der Waals surface area contributed by atoms with Crippen molar-refractivity contribution in [1.82, 2.24) is 10.2 Å². The Labute approximate surface area is 193 Å². The molecular formula is C23H31BF2N4O3. The lowest BCUT2D eigenvalue weighted by atomic mass is 9.85. The van der Waals surface area contributed by atoms with Gasteiger partial charge in [-0.05, 0) is 64.5 Å². The molecule has 0 bridgehead atoms. The Bertz CT molecular complexity index is 1060. The number of H-pyrrole nitrogens is 1. The molecule has 7 nitrogen and oxygen atoms in total. The van der Waals surface area contributed by atoms with E-state index in [1.807, 2.05) is 27.7 Å². The average molecular weight is 460 g/mol. The first-order chi connectivity index (χ1) is 15.3. The number of rotatable bonds is 7. The lowest BCUT2D eigenvalue weighted by Gasteiger charge is -2.32. The largest absolute Gasteiger partial charge is 0.514 e. The van der Waals surface area contributed by atoms with Gasteiger partial charge in [-0.3, -0.25) is 5.10 Å². The number of nitrogens with one attached hydrogen (secondary N) is 2. The Balaban J connectivity index is 2.02. The number of aromatic amines is 1. The van der Waals surface area contributed by atoms with Crippen LogP contribution in [0.2, 0.25) is 0 Å². The van der Waals surface area contributed by atoms with E-state index in [0.29, 0.717) is 34.1 Å². The topological polar surface area (TPSA) is 80.8 Å². The number of ether oxygens (including phenoxy) is 1. The molecule has 0 atom stereocenters.